The third-order valence-electron chi connectivity index (χ3n) is 2.05. The number of ether oxygens (including phenoxy) is 1. The first-order valence-corrected chi connectivity index (χ1v) is 6.00. The molecule has 1 amide bonds. The normalized spacial score (nSPS) is 9.58. The monoisotopic (exact) mass is 323 g/mol. The Morgan fingerprint density at radius 3 is 2.74 bits per heavy atom. The first kappa shape index (κ1) is 18.1. The number of benzene rings is 1. The molecule has 0 unspecified atom stereocenters. The van der Waals surface area contributed by atoms with Gasteiger partial charge in [-0.05, 0) is 12.1 Å². The molecule has 0 saturated heterocycles. The Balaban J connectivity index is 0.00000324. The third kappa shape index (κ3) is 6.16. The highest BCUT2D eigenvalue weighted by Gasteiger charge is 2.11. The van der Waals surface area contributed by atoms with Gasteiger partial charge in [0.15, 0.2) is 6.61 Å². The maximum absolute atomic E-state index is 10.7. The molecule has 1 aromatic carbocycles. The van der Waals surface area contributed by atoms with E-state index in [-0.39, 0.29) is 19.0 Å². The molecule has 1 aromatic rings. The molecule has 0 heterocycles. The van der Waals surface area contributed by atoms with Crippen molar-refractivity contribution < 1.29 is 21.9 Å². The molecule has 0 spiro atoms. The van der Waals surface area contributed by atoms with E-state index in [1.165, 1.54) is 0 Å². The Hall–Kier alpha value is -0.940. The predicted molar refractivity (Wildman–Crippen MR) is 73.1 cm³/mol. The maximum atomic E-state index is 10.7. The Morgan fingerprint density at radius 1 is 1.47 bits per heavy atom. The molecule has 0 aliphatic heterocycles. The molecule has 0 atom stereocenters. The quantitative estimate of drug-likeness (QED) is 0.507. The standard InChI is InChI=1S/C12H14Cl2N2O2.ClH/c1-2-3-16-6-8-4-9(13)5-10(14)12(8)18-7-11(15)17;/h2,4-5,16H,1,3,6-7H2,(H2,15,17);1H/p-1. The summed E-state index contributed by atoms with van der Waals surface area (Å²) in [5.74, 6) is -0.151. The summed E-state index contributed by atoms with van der Waals surface area (Å²) in [4.78, 5) is 10.7. The van der Waals surface area contributed by atoms with Crippen LogP contribution in [0.5, 0.6) is 5.75 Å². The Morgan fingerprint density at radius 2 is 2.16 bits per heavy atom. The Labute approximate surface area is 128 Å². The molecule has 0 radical (unpaired) electrons. The zero-order chi connectivity index (χ0) is 13.5. The zero-order valence-electron chi connectivity index (χ0n) is 10.1. The van der Waals surface area contributed by atoms with Crippen LogP contribution >= 0.6 is 23.2 Å². The largest absolute Gasteiger partial charge is 1.00 e. The van der Waals surface area contributed by atoms with Crippen LogP contribution in [0.25, 0.3) is 0 Å². The van der Waals surface area contributed by atoms with Crippen LogP contribution in [0.4, 0.5) is 0 Å². The minimum atomic E-state index is -0.564. The van der Waals surface area contributed by atoms with Crippen molar-refractivity contribution in [3.8, 4) is 5.75 Å². The predicted octanol–water partition coefficient (Wildman–Crippen LogP) is -0.863. The fraction of sp³-hybridized carbons (Fsp3) is 0.250. The first-order valence-electron chi connectivity index (χ1n) is 5.25. The van der Waals surface area contributed by atoms with Crippen LogP contribution in [-0.2, 0) is 11.3 Å². The minimum Gasteiger partial charge on any atom is -1.00 e. The van der Waals surface area contributed by atoms with E-state index in [1.54, 1.807) is 18.2 Å². The second-order valence-electron chi connectivity index (χ2n) is 3.55. The lowest BCUT2D eigenvalue weighted by molar-refractivity contribution is -0.119. The highest BCUT2D eigenvalue weighted by molar-refractivity contribution is 6.35. The van der Waals surface area contributed by atoms with E-state index < -0.39 is 5.91 Å². The van der Waals surface area contributed by atoms with Crippen LogP contribution in [0.15, 0.2) is 24.8 Å². The second-order valence-corrected chi connectivity index (χ2v) is 4.39. The van der Waals surface area contributed by atoms with Gasteiger partial charge in [0.05, 0.1) is 5.02 Å². The molecular weight excluding hydrogens is 311 g/mol. The van der Waals surface area contributed by atoms with Crippen molar-refractivity contribution in [3.05, 3.63) is 40.4 Å². The van der Waals surface area contributed by atoms with E-state index in [0.29, 0.717) is 28.9 Å². The summed E-state index contributed by atoms with van der Waals surface area (Å²) in [5, 5.41) is 3.95. The second kappa shape index (κ2) is 9.04. The summed E-state index contributed by atoms with van der Waals surface area (Å²) < 4.78 is 5.28. The van der Waals surface area contributed by atoms with Gasteiger partial charge in [-0.15, -0.1) is 6.58 Å². The number of rotatable bonds is 7. The molecule has 0 aliphatic carbocycles. The van der Waals surface area contributed by atoms with Crippen molar-refractivity contribution in [2.24, 2.45) is 5.73 Å². The summed E-state index contributed by atoms with van der Waals surface area (Å²) in [6.07, 6.45) is 1.73. The molecule has 0 aliphatic rings. The smallest absolute Gasteiger partial charge is 0.255 e. The van der Waals surface area contributed by atoms with Gasteiger partial charge in [0.25, 0.3) is 5.91 Å². The van der Waals surface area contributed by atoms with Crippen LogP contribution in [0, 0.1) is 0 Å². The average molecular weight is 325 g/mol. The van der Waals surface area contributed by atoms with Gasteiger partial charge >= 0.3 is 0 Å². The van der Waals surface area contributed by atoms with Crippen molar-refractivity contribution in [1.29, 1.82) is 0 Å². The number of hydrogen-bond acceptors (Lipinski definition) is 3. The van der Waals surface area contributed by atoms with Crippen molar-refractivity contribution in [2.75, 3.05) is 13.2 Å². The molecule has 19 heavy (non-hydrogen) atoms. The fourth-order valence-corrected chi connectivity index (χ4v) is 1.95. The molecule has 0 fully saturated rings. The van der Waals surface area contributed by atoms with Crippen molar-refractivity contribution >= 4 is 29.1 Å². The summed E-state index contributed by atoms with van der Waals surface area (Å²) in [5.41, 5.74) is 5.79. The zero-order valence-corrected chi connectivity index (χ0v) is 12.4. The van der Waals surface area contributed by atoms with E-state index >= 15 is 0 Å². The van der Waals surface area contributed by atoms with Crippen molar-refractivity contribution in [3.63, 3.8) is 0 Å². The van der Waals surface area contributed by atoms with Gasteiger partial charge in [-0.3, -0.25) is 4.79 Å². The number of nitrogens with one attached hydrogen (secondary N) is 1. The van der Waals surface area contributed by atoms with Gasteiger partial charge in [-0.1, -0.05) is 29.3 Å². The van der Waals surface area contributed by atoms with Gasteiger partial charge in [0, 0.05) is 23.7 Å². The van der Waals surface area contributed by atoms with Crippen molar-refractivity contribution in [1.82, 2.24) is 5.32 Å². The van der Waals surface area contributed by atoms with E-state index in [1.807, 2.05) is 0 Å². The van der Waals surface area contributed by atoms with Gasteiger partial charge in [0.1, 0.15) is 5.75 Å². The molecule has 0 bridgehead atoms. The molecular formula is C12H14Cl3N2O2-. The van der Waals surface area contributed by atoms with Crippen LogP contribution in [0.3, 0.4) is 0 Å². The lowest BCUT2D eigenvalue weighted by Crippen LogP contribution is -3.00. The number of amides is 1. The highest BCUT2D eigenvalue weighted by Crippen LogP contribution is 2.32. The summed E-state index contributed by atoms with van der Waals surface area (Å²) in [7, 11) is 0. The number of nitrogens with two attached hydrogens (primary N) is 1. The van der Waals surface area contributed by atoms with Gasteiger partial charge in [-0.25, -0.2) is 0 Å². The lowest BCUT2D eigenvalue weighted by atomic mass is 10.2. The van der Waals surface area contributed by atoms with Gasteiger partial charge in [-0.2, -0.15) is 0 Å². The SMILES string of the molecule is C=CCNCc1cc(Cl)cc(Cl)c1OCC(N)=O.[Cl-]. The van der Waals surface area contributed by atoms with Crippen LogP contribution < -0.4 is 28.2 Å². The number of carbonyl (C=O) groups excluding carboxylic acids is 1. The van der Waals surface area contributed by atoms with E-state index in [0.717, 1.165) is 5.56 Å². The molecule has 1 rings (SSSR count). The summed E-state index contributed by atoms with van der Waals surface area (Å²) >= 11 is 11.9. The highest BCUT2D eigenvalue weighted by atomic mass is 35.5. The number of halogens is 3. The van der Waals surface area contributed by atoms with Crippen LogP contribution in [0.1, 0.15) is 5.56 Å². The van der Waals surface area contributed by atoms with Crippen molar-refractivity contribution in [2.45, 2.75) is 6.54 Å². The number of carbonyl (C=O) groups is 1. The first-order chi connectivity index (χ1) is 8.54. The number of primary amides is 1. The Kier molecular flexibility index (Phi) is 8.59. The fourth-order valence-electron chi connectivity index (χ4n) is 1.36. The maximum Gasteiger partial charge on any atom is 0.255 e. The third-order valence-corrected chi connectivity index (χ3v) is 2.55. The molecule has 106 valence electrons. The molecule has 0 saturated carbocycles. The van der Waals surface area contributed by atoms with Gasteiger partial charge < -0.3 is 28.2 Å². The summed E-state index contributed by atoms with van der Waals surface area (Å²) in [6.45, 7) is 4.51. The number of hydrogen-bond donors (Lipinski definition) is 2. The average Bonchev–Trinajstić information content (AvgIpc) is 2.27. The van der Waals surface area contributed by atoms with Crippen LogP contribution in [0.2, 0.25) is 10.0 Å². The van der Waals surface area contributed by atoms with E-state index in [9.17, 15) is 4.79 Å². The topological polar surface area (TPSA) is 64.3 Å². The summed E-state index contributed by atoms with van der Waals surface area (Å²) in [6, 6.07) is 3.27. The molecule has 7 heteroatoms. The van der Waals surface area contributed by atoms with E-state index in [2.05, 4.69) is 11.9 Å². The van der Waals surface area contributed by atoms with E-state index in [4.69, 9.17) is 33.7 Å². The molecule has 4 nitrogen and oxygen atoms in total. The Bertz CT molecular complexity index is 453. The lowest BCUT2D eigenvalue weighted by Gasteiger charge is -2.13. The minimum absolute atomic E-state index is 0. The molecule has 3 N–H and O–H groups in total. The van der Waals surface area contributed by atoms with Crippen LogP contribution in [-0.4, -0.2) is 19.1 Å². The molecule has 0 aromatic heterocycles. The van der Waals surface area contributed by atoms with Gasteiger partial charge in [0.2, 0.25) is 0 Å².